The second kappa shape index (κ2) is 5.33. The minimum Gasteiger partial charge on any atom is -0.465 e. The smallest absolute Gasteiger partial charge is 0.343 e. The van der Waals surface area contributed by atoms with Gasteiger partial charge in [0, 0.05) is 12.7 Å². The highest BCUT2D eigenvalue weighted by Gasteiger charge is 2.41. The molecule has 0 unspecified atom stereocenters. The number of aromatic nitrogens is 2. The first-order valence-corrected chi connectivity index (χ1v) is 6.33. The van der Waals surface area contributed by atoms with E-state index in [4.69, 9.17) is 4.74 Å². The van der Waals surface area contributed by atoms with Crippen molar-refractivity contribution in [2.45, 2.75) is 32.6 Å². The minimum atomic E-state index is -0.404. The molecule has 0 saturated heterocycles. The van der Waals surface area contributed by atoms with Gasteiger partial charge < -0.3 is 10.1 Å². The molecule has 1 aliphatic rings. The number of anilines is 1. The second-order valence-electron chi connectivity index (χ2n) is 4.88. The molecule has 0 amide bonds. The molecule has 18 heavy (non-hydrogen) atoms. The van der Waals surface area contributed by atoms with Crippen molar-refractivity contribution in [1.82, 2.24) is 9.97 Å². The van der Waals surface area contributed by atoms with Crippen molar-refractivity contribution >= 4 is 11.8 Å². The Morgan fingerprint density at radius 1 is 1.56 bits per heavy atom. The van der Waals surface area contributed by atoms with Gasteiger partial charge in [-0.15, -0.1) is 0 Å². The fourth-order valence-electron chi connectivity index (χ4n) is 2.22. The van der Waals surface area contributed by atoms with Crippen LogP contribution in [0, 0.1) is 5.41 Å². The quantitative estimate of drug-likeness (QED) is 0.783. The maximum atomic E-state index is 11.6. The van der Waals surface area contributed by atoms with Gasteiger partial charge in [-0.05, 0) is 24.7 Å². The topological polar surface area (TPSA) is 64.1 Å². The van der Waals surface area contributed by atoms with Crippen LogP contribution in [0.4, 0.5) is 5.82 Å². The van der Waals surface area contributed by atoms with E-state index in [2.05, 4.69) is 22.2 Å². The van der Waals surface area contributed by atoms with Crippen LogP contribution in [-0.2, 0) is 4.74 Å². The Kier molecular flexibility index (Phi) is 3.79. The summed E-state index contributed by atoms with van der Waals surface area (Å²) >= 11 is 0. The van der Waals surface area contributed by atoms with Crippen LogP contribution in [0.1, 0.15) is 43.0 Å². The molecular weight excluding hydrogens is 230 g/mol. The largest absolute Gasteiger partial charge is 0.465 e. The van der Waals surface area contributed by atoms with E-state index in [0.29, 0.717) is 16.8 Å². The number of hydrogen-bond acceptors (Lipinski definition) is 5. The molecule has 5 nitrogen and oxygen atoms in total. The molecule has 98 valence electrons. The molecule has 1 aliphatic carbocycles. The second-order valence-corrected chi connectivity index (χ2v) is 4.88. The Labute approximate surface area is 107 Å². The third-order valence-corrected chi connectivity index (χ3v) is 3.49. The van der Waals surface area contributed by atoms with Gasteiger partial charge in [0.15, 0.2) is 0 Å². The van der Waals surface area contributed by atoms with Crippen LogP contribution in [0.5, 0.6) is 0 Å². The lowest BCUT2D eigenvalue weighted by atomic mass is 10.0. The van der Waals surface area contributed by atoms with Gasteiger partial charge in [-0.3, -0.25) is 0 Å². The van der Waals surface area contributed by atoms with Crippen LogP contribution in [0.3, 0.4) is 0 Å². The lowest BCUT2D eigenvalue weighted by molar-refractivity contribution is 0.0601. The van der Waals surface area contributed by atoms with Gasteiger partial charge in [0.05, 0.1) is 7.11 Å². The number of nitrogens with one attached hydrogen (secondary N) is 1. The number of esters is 1. The van der Waals surface area contributed by atoms with Crippen LogP contribution < -0.4 is 5.32 Å². The fraction of sp³-hybridized carbons (Fsp3) is 0.615. The maximum Gasteiger partial charge on any atom is 0.343 e. The SMILES string of the molecule is CCCC1(CNc2ncncc2C(=O)OC)CC1. The number of rotatable bonds is 6. The van der Waals surface area contributed by atoms with E-state index in [1.54, 1.807) is 0 Å². The van der Waals surface area contributed by atoms with E-state index < -0.39 is 5.97 Å². The lowest BCUT2D eigenvalue weighted by Crippen LogP contribution is -2.18. The van der Waals surface area contributed by atoms with Crippen molar-refractivity contribution in [3.63, 3.8) is 0 Å². The zero-order valence-corrected chi connectivity index (χ0v) is 10.9. The molecule has 2 rings (SSSR count). The summed E-state index contributed by atoms with van der Waals surface area (Å²) in [7, 11) is 1.36. The molecule has 1 N–H and O–H groups in total. The summed E-state index contributed by atoms with van der Waals surface area (Å²) in [6, 6.07) is 0. The molecule has 0 aliphatic heterocycles. The van der Waals surface area contributed by atoms with Crippen molar-refractivity contribution in [3.05, 3.63) is 18.1 Å². The van der Waals surface area contributed by atoms with Crippen molar-refractivity contribution in [2.24, 2.45) is 5.41 Å². The first-order valence-electron chi connectivity index (χ1n) is 6.33. The molecule has 0 bridgehead atoms. The average molecular weight is 249 g/mol. The normalized spacial score (nSPS) is 16.1. The summed E-state index contributed by atoms with van der Waals surface area (Å²) in [6.45, 7) is 3.06. The zero-order chi connectivity index (χ0) is 13.0. The first-order chi connectivity index (χ1) is 8.71. The van der Waals surface area contributed by atoms with E-state index in [1.165, 1.54) is 45.3 Å². The highest BCUT2D eigenvalue weighted by molar-refractivity contribution is 5.94. The van der Waals surface area contributed by atoms with Crippen molar-refractivity contribution in [2.75, 3.05) is 19.0 Å². The fourth-order valence-corrected chi connectivity index (χ4v) is 2.22. The molecular formula is C13H19N3O2. The third kappa shape index (κ3) is 2.78. The van der Waals surface area contributed by atoms with Gasteiger partial charge in [0.1, 0.15) is 17.7 Å². The molecule has 1 saturated carbocycles. The van der Waals surface area contributed by atoms with Crippen LogP contribution in [0.2, 0.25) is 0 Å². The number of carbonyl (C=O) groups is 1. The highest BCUT2D eigenvalue weighted by atomic mass is 16.5. The highest BCUT2D eigenvalue weighted by Crippen LogP contribution is 2.49. The first kappa shape index (κ1) is 12.8. The monoisotopic (exact) mass is 249 g/mol. The van der Waals surface area contributed by atoms with Crippen LogP contribution in [0.15, 0.2) is 12.5 Å². The predicted molar refractivity (Wildman–Crippen MR) is 68.4 cm³/mol. The zero-order valence-electron chi connectivity index (χ0n) is 10.9. The molecule has 0 radical (unpaired) electrons. The van der Waals surface area contributed by atoms with E-state index in [1.807, 2.05) is 0 Å². The molecule has 1 fully saturated rings. The Balaban J connectivity index is 2.03. The summed E-state index contributed by atoms with van der Waals surface area (Å²) in [6.07, 6.45) is 7.85. The van der Waals surface area contributed by atoms with Crippen molar-refractivity contribution in [1.29, 1.82) is 0 Å². The Hall–Kier alpha value is -1.65. The standard InChI is InChI=1S/C13H19N3O2/c1-3-4-13(5-6-13)8-15-11-10(12(17)18-2)7-14-9-16-11/h7,9H,3-6,8H2,1-2H3,(H,14,15,16). The van der Waals surface area contributed by atoms with Gasteiger partial charge in [-0.1, -0.05) is 13.3 Å². The summed E-state index contributed by atoms with van der Waals surface area (Å²) in [5.74, 6) is 0.165. The molecule has 5 heteroatoms. The Morgan fingerprint density at radius 2 is 2.33 bits per heavy atom. The predicted octanol–water partition coefficient (Wildman–Crippen LogP) is 2.26. The Bertz CT molecular complexity index is 430. The molecule has 0 atom stereocenters. The van der Waals surface area contributed by atoms with E-state index in [-0.39, 0.29) is 0 Å². The summed E-state index contributed by atoms with van der Waals surface area (Å²) in [5.41, 5.74) is 0.805. The number of methoxy groups -OCH3 is 1. The molecule has 1 aromatic rings. The van der Waals surface area contributed by atoms with Crippen LogP contribution in [-0.4, -0.2) is 29.6 Å². The average Bonchev–Trinajstić information content (AvgIpc) is 3.16. The number of hydrogen-bond donors (Lipinski definition) is 1. The number of carbonyl (C=O) groups excluding carboxylic acids is 1. The van der Waals surface area contributed by atoms with E-state index in [0.717, 1.165) is 6.54 Å². The number of ether oxygens (including phenoxy) is 1. The maximum absolute atomic E-state index is 11.6. The number of nitrogens with zero attached hydrogens (tertiary/aromatic N) is 2. The van der Waals surface area contributed by atoms with Crippen LogP contribution in [0.25, 0.3) is 0 Å². The summed E-state index contributed by atoms with van der Waals surface area (Å²) < 4.78 is 4.71. The van der Waals surface area contributed by atoms with Gasteiger partial charge in [-0.2, -0.15) is 0 Å². The molecule has 0 spiro atoms. The van der Waals surface area contributed by atoms with Crippen molar-refractivity contribution in [3.8, 4) is 0 Å². The van der Waals surface area contributed by atoms with Gasteiger partial charge in [0.2, 0.25) is 0 Å². The molecule has 0 aromatic carbocycles. The van der Waals surface area contributed by atoms with Gasteiger partial charge in [0.25, 0.3) is 0 Å². The third-order valence-electron chi connectivity index (χ3n) is 3.49. The Morgan fingerprint density at radius 3 is 2.94 bits per heavy atom. The van der Waals surface area contributed by atoms with E-state index in [9.17, 15) is 4.79 Å². The minimum absolute atomic E-state index is 0.396. The van der Waals surface area contributed by atoms with Gasteiger partial charge in [-0.25, -0.2) is 14.8 Å². The van der Waals surface area contributed by atoms with E-state index >= 15 is 0 Å². The molecule has 1 aromatic heterocycles. The lowest BCUT2D eigenvalue weighted by Gasteiger charge is -2.16. The molecule has 1 heterocycles. The van der Waals surface area contributed by atoms with Crippen molar-refractivity contribution < 1.29 is 9.53 Å². The summed E-state index contributed by atoms with van der Waals surface area (Å²) in [5, 5.41) is 3.26. The summed E-state index contributed by atoms with van der Waals surface area (Å²) in [4.78, 5) is 19.5. The van der Waals surface area contributed by atoms with Gasteiger partial charge >= 0.3 is 5.97 Å². The van der Waals surface area contributed by atoms with Crippen LogP contribution >= 0.6 is 0 Å².